The van der Waals surface area contributed by atoms with Crippen LogP contribution in [0.25, 0.3) is 0 Å². The molecule has 0 bridgehead atoms. The molecular weight excluding hydrogens is 300 g/mol. The van der Waals surface area contributed by atoms with E-state index in [4.69, 9.17) is 0 Å². The van der Waals surface area contributed by atoms with Crippen LogP contribution in [0.5, 0.6) is 0 Å². The Kier molecular flexibility index (Phi) is 5.58. The molecule has 2 rings (SSSR count). The number of carbonyl (C=O) groups is 2. The van der Waals surface area contributed by atoms with E-state index in [2.05, 4.69) is 5.32 Å². The van der Waals surface area contributed by atoms with Crippen molar-refractivity contribution in [3.63, 3.8) is 0 Å². The minimum absolute atomic E-state index is 0.0461. The molecule has 1 aromatic heterocycles. The van der Waals surface area contributed by atoms with Gasteiger partial charge in [0.2, 0.25) is 11.8 Å². The van der Waals surface area contributed by atoms with Gasteiger partial charge in [0.05, 0.1) is 6.54 Å². The Morgan fingerprint density at radius 1 is 1.55 bits per heavy atom. The molecule has 1 fully saturated rings. The number of hydrogen-bond acceptors (Lipinski definition) is 4. The lowest BCUT2D eigenvalue weighted by molar-refractivity contribution is -0.138. The Hall–Kier alpha value is -1.40. The maximum absolute atomic E-state index is 12.4. The highest BCUT2D eigenvalue weighted by Gasteiger charge is 2.34. The van der Waals surface area contributed by atoms with Gasteiger partial charge in [-0.15, -0.1) is 0 Å². The summed E-state index contributed by atoms with van der Waals surface area (Å²) in [7, 11) is 0. The Morgan fingerprint density at radius 2 is 2.32 bits per heavy atom. The van der Waals surface area contributed by atoms with Gasteiger partial charge in [0.1, 0.15) is 11.6 Å². The number of amides is 2. The molecule has 1 aliphatic rings. The minimum atomic E-state index is -1.09. The summed E-state index contributed by atoms with van der Waals surface area (Å²) in [5.41, 5.74) is -0.296. The molecule has 0 radical (unpaired) electrons. The van der Waals surface area contributed by atoms with Crippen LogP contribution in [0.15, 0.2) is 16.8 Å². The van der Waals surface area contributed by atoms with Gasteiger partial charge < -0.3 is 15.3 Å². The normalized spacial score (nSPS) is 20.7. The van der Waals surface area contributed by atoms with Crippen molar-refractivity contribution in [2.45, 2.75) is 51.2 Å². The molecule has 1 aromatic rings. The maximum Gasteiger partial charge on any atom is 0.242 e. The fourth-order valence-corrected chi connectivity index (χ4v) is 3.53. The van der Waals surface area contributed by atoms with E-state index in [1.54, 1.807) is 11.8 Å². The highest BCUT2D eigenvalue weighted by Crippen LogP contribution is 2.23. The summed E-state index contributed by atoms with van der Waals surface area (Å²) < 4.78 is 0. The van der Waals surface area contributed by atoms with Crippen molar-refractivity contribution in [2.75, 3.05) is 13.1 Å². The molecular formula is C16H24N2O3S. The monoisotopic (exact) mass is 324 g/mol. The third-order valence-electron chi connectivity index (χ3n) is 4.09. The number of carbonyl (C=O) groups excluding carboxylic acids is 2. The average molecular weight is 324 g/mol. The van der Waals surface area contributed by atoms with Crippen LogP contribution in [0.1, 0.15) is 45.1 Å². The third kappa shape index (κ3) is 3.87. The van der Waals surface area contributed by atoms with Gasteiger partial charge in [-0.25, -0.2) is 0 Å². The summed E-state index contributed by atoms with van der Waals surface area (Å²) in [6, 6.07) is 1.46. The lowest BCUT2D eigenvalue weighted by Crippen LogP contribution is -2.48. The zero-order chi connectivity index (χ0) is 16.2. The quantitative estimate of drug-likeness (QED) is 0.839. The first-order valence-corrected chi connectivity index (χ1v) is 8.72. The lowest BCUT2D eigenvalue weighted by Gasteiger charge is -2.27. The summed E-state index contributed by atoms with van der Waals surface area (Å²) in [4.78, 5) is 26.1. The van der Waals surface area contributed by atoms with Gasteiger partial charge >= 0.3 is 0 Å². The molecule has 2 N–H and O–H groups in total. The van der Waals surface area contributed by atoms with Crippen LogP contribution in [0.4, 0.5) is 0 Å². The molecule has 2 amide bonds. The van der Waals surface area contributed by atoms with Crippen molar-refractivity contribution in [1.29, 1.82) is 0 Å². The lowest BCUT2D eigenvalue weighted by atomic mass is 9.99. The van der Waals surface area contributed by atoms with E-state index >= 15 is 0 Å². The molecule has 1 saturated heterocycles. The van der Waals surface area contributed by atoms with Crippen LogP contribution in [0.2, 0.25) is 0 Å². The van der Waals surface area contributed by atoms with Crippen LogP contribution in [-0.2, 0) is 15.2 Å². The fourth-order valence-electron chi connectivity index (χ4n) is 2.75. The van der Waals surface area contributed by atoms with Gasteiger partial charge in [0.25, 0.3) is 0 Å². The van der Waals surface area contributed by atoms with Crippen molar-refractivity contribution in [1.82, 2.24) is 10.2 Å². The molecule has 0 unspecified atom stereocenters. The summed E-state index contributed by atoms with van der Waals surface area (Å²) in [6.07, 6.45) is 2.82. The molecule has 2 atom stereocenters. The van der Waals surface area contributed by atoms with Crippen LogP contribution >= 0.6 is 11.3 Å². The Balaban J connectivity index is 1.93. The van der Waals surface area contributed by atoms with E-state index < -0.39 is 11.6 Å². The topological polar surface area (TPSA) is 69.6 Å². The molecule has 0 aliphatic carbocycles. The molecule has 5 nitrogen and oxygen atoms in total. The number of aliphatic hydroxyl groups is 1. The van der Waals surface area contributed by atoms with Crippen LogP contribution < -0.4 is 5.32 Å². The van der Waals surface area contributed by atoms with Crippen molar-refractivity contribution in [3.8, 4) is 0 Å². The summed E-state index contributed by atoms with van der Waals surface area (Å²) in [5.74, 6) is -0.123. The van der Waals surface area contributed by atoms with Gasteiger partial charge in [-0.3, -0.25) is 9.59 Å². The van der Waals surface area contributed by atoms with E-state index in [0.717, 1.165) is 18.4 Å². The number of hydrogen-bond donors (Lipinski definition) is 2. The third-order valence-corrected chi connectivity index (χ3v) is 4.77. The number of nitrogens with one attached hydrogen (secondary N) is 1. The molecule has 0 saturated carbocycles. The zero-order valence-electron chi connectivity index (χ0n) is 13.2. The highest BCUT2D eigenvalue weighted by atomic mass is 32.1. The molecule has 0 aromatic carbocycles. The predicted octanol–water partition coefficient (Wildman–Crippen LogP) is 1.86. The van der Waals surface area contributed by atoms with Crippen LogP contribution in [0.3, 0.4) is 0 Å². The van der Waals surface area contributed by atoms with Crippen LogP contribution in [0, 0.1) is 0 Å². The summed E-state index contributed by atoms with van der Waals surface area (Å²) >= 11 is 1.51. The van der Waals surface area contributed by atoms with E-state index in [1.165, 1.54) is 11.3 Å². The standard InChI is InChI=1S/C16H24N2O3S/c1-3-5-14(19)18-8-4-6-13(18)15(20)17-11-16(2,21)12-7-9-22-10-12/h7,9-10,13,21H,3-6,8,11H2,1-2H3,(H,17,20)/t13-,16+/m0/s1. The molecule has 6 heteroatoms. The molecule has 22 heavy (non-hydrogen) atoms. The predicted molar refractivity (Wildman–Crippen MR) is 86.5 cm³/mol. The maximum atomic E-state index is 12.4. The number of rotatable bonds is 6. The summed E-state index contributed by atoms with van der Waals surface area (Å²) in [5, 5.41) is 17.0. The van der Waals surface area contributed by atoms with E-state index in [9.17, 15) is 14.7 Å². The number of likely N-dealkylation sites (tertiary alicyclic amines) is 1. The van der Waals surface area contributed by atoms with Gasteiger partial charge in [0, 0.05) is 13.0 Å². The second-order valence-electron chi connectivity index (χ2n) is 6.00. The Bertz CT molecular complexity index is 513. The van der Waals surface area contributed by atoms with E-state index in [-0.39, 0.29) is 18.4 Å². The first-order valence-electron chi connectivity index (χ1n) is 7.78. The second-order valence-corrected chi connectivity index (χ2v) is 6.78. The molecule has 0 spiro atoms. The minimum Gasteiger partial charge on any atom is -0.384 e. The fraction of sp³-hybridized carbons (Fsp3) is 0.625. The first kappa shape index (κ1) is 17.0. The van der Waals surface area contributed by atoms with Gasteiger partial charge in [-0.1, -0.05) is 6.92 Å². The van der Waals surface area contributed by atoms with Crippen LogP contribution in [-0.4, -0.2) is 41.0 Å². The smallest absolute Gasteiger partial charge is 0.242 e. The van der Waals surface area contributed by atoms with E-state index in [0.29, 0.717) is 19.4 Å². The molecule has 2 heterocycles. The SMILES string of the molecule is CCCC(=O)N1CCC[C@H]1C(=O)NC[C@@](C)(O)c1ccsc1. The number of thiophene rings is 1. The molecule has 1 aliphatic heterocycles. The van der Waals surface area contributed by atoms with Crippen molar-refractivity contribution < 1.29 is 14.7 Å². The van der Waals surface area contributed by atoms with Gasteiger partial charge in [0.15, 0.2) is 0 Å². The zero-order valence-corrected chi connectivity index (χ0v) is 14.0. The van der Waals surface area contributed by atoms with Gasteiger partial charge in [-0.05, 0) is 48.6 Å². The first-order chi connectivity index (χ1) is 10.5. The highest BCUT2D eigenvalue weighted by molar-refractivity contribution is 7.08. The number of nitrogens with zero attached hydrogens (tertiary/aromatic N) is 1. The second kappa shape index (κ2) is 7.24. The largest absolute Gasteiger partial charge is 0.384 e. The summed E-state index contributed by atoms with van der Waals surface area (Å²) in [6.45, 7) is 4.44. The van der Waals surface area contributed by atoms with Gasteiger partial charge in [-0.2, -0.15) is 11.3 Å². The molecule has 122 valence electrons. The van der Waals surface area contributed by atoms with Crippen molar-refractivity contribution in [3.05, 3.63) is 22.4 Å². The van der Waals surface area contributed by atoms with Crippen molar-refractivity contribution in [2.24, 2.45) is 0 Å². The Morgan fingerprint density at radius 3 is 2.95 bits per heavy atom. The van der Waals surface area contributed by atoms with Crippen molar-refractivity contribution >= 4 is 23.2 Å². The average Bonchev–Trinajstić information content (AvgIpc) is 3.15. The van der Waals surface area contributed by atoms with E-state index in [1.807, 2.05) is 23.8 Å². The Labute approximate surface area is 135 Å².